The van der Waals surface area contributed by atoms with Crippen molar-refractivity contribution < 1.29 is 14.4 Å². The predicted molar refractivity (Wildman–Crippen MR) is 104 cm³/mol. The molecule has 0 spiro atoms. The van der Waals surface area contributed by atoms with Gasteiger partial charge in [0.2, 0.25) is 11.8 Å². The molecule has 2 aliphatic rings. The Hall–Kier alpha value is -2.21. The van der Waals surface area contributed by atoms with Crippen LogP contribution in [-0.2, 0) is 9.59 Å². The van der Waals surface area contributed by atoms with Gasteiger partial charge in [-0.15, -0.1) is 0 Å². The molecule has 1 aromatic carbocycles. The van der Waals surface area contributed by atoms with Crippen molar-refractivity contribution in [2.45, 2.75) is 51.6 Å². The van der Waals surface area contributed by atoms with Crippen molar-refractivity contribution in [2.75, 3.05) is 26.2 Å². The van der Waals surface area contributed by atoms with E-state index in [4.69, 9.17) is 0 Å². The number of aryl methyl sites for hydroxylation is 1. The number of rotatable bonds is 7. The maximum Gasteiger partial charge on any atom is 0.237 e. The number of nitrogens with zero attached hydrogens (tertiary/aromatic N) is 2. The molecule has 2 fully saturated rings. The highest BCUT2D eigenvalue weighted by atomic mass is 16.2. The van der Waals surface area contributed by atoms with E-state index in [1.807, 2.05) is 43.0 Å². The average molecular weight is 371 g/mol. The summed E-state index contributed by atoms with van der Waals surface area (Å²) in [4.78, 5) is 40.8. The molecule has 1 N–H and O–H groups in total. The Balaban J connectivity index is 1.40. The molecule has 3 rings (SSSR count). The first-order valence-electron chi connectivity index (χ1n) is 9.86. The van der Waals surface area contributed by atoms with Crippen molar-refractivity contribution in [1.82, 2.24) is 15.1 Å². The number of Topliss-reactive ketones (excluding diaryl/α,β-unsaturated/α-hetero) is 1. The largest absolute Gasteiger partial charge is 0.352 e. The summed E-state index contributed by atoms with van der Waals surface area (Å²) in [5, 5.41) is 3.04. The van der Waals surface area contributed by atoms with Crippen molar-refractivity contribution >= 4 is 17.6 Å². The van der Waals surface area contributed by atoms with E-state index in [1.54, 1.807) is 0 Å². The minimum atomic E-state index is -0.161. The molecule has 0 aromatic heterocycles. The Kier molecular flexibility index (Phi) is 6.26. The van der Waals surface area contributed by atoms with E-state index >= 15 is 0 Å². The highest BCUT2D eigenvalue weighted by Crippen LogP contribution is 2.19. The maximum atomic E-state index is 12.4. The molecule has 2 amide bonds. The first-order chi connectivity index (χ1) is 12.9. The quantitative estimate of drug-likeness (QED) is 0.742. The first-order valence-corrected chi connectivity index (χ1v) is 9.86. The third-order valence-corrected chi connectivity index (χ3v) is 5.46. The second-order valence-corrected chi connectivity index (χ2v) is 7.66. The smallest absolute Gasteiger partial charge is 0.237 e. The van der Waals surface area contributed by atoms with Gasteiger partial charge in [-0.25, -0.2) is 0 Å². The van der Waals surface area contributed by atoms with Crippen LogP contribution in [0.15, 0.2) is 24.3 Å². The lowest BCUT2D eigenvalue weighted by molar-refractivity contribution is -0.134. The van der Waals surface area contributed by atoms with E-state index in [9.17, 15) is 14.4 Å². The Bertz CT molecular complexity index is 689. The summed E-state index contributed by atoms with van der Waals surface area (Å²) in [7, 11) is 0. The van der Waals surface area contributed by atoms with Crippen LogP contribution >= 0.6 is 0 Å². The normalized spacial score (nSPS) is 18.8. The molecule has 27 heavy (non-hydrogen) atoms. The fraction of sp³-hybridized carbons (Fsp3) is 0.571. The van der Waals surface area contributed by atoms with Crippen LogP contribution in [-0.4, -0.2) is 65.7 Å². The fourth-order valence-corrected chi connectivity index (χ4v) is 3.34. The van der Waals surface area contributed by atoms with E-state index in [2.05, 4.69) is 10.2 Å². The Morgan fingerprint density at radius 3 is 2.26 bits per heavy atom. The number of ketones is 1. The lowest BCUT2D eigenvalue weighted by Gasteiger charge is -2.37. The second-order valence-electron chi connectivity index (χ2n) is 7.66. The van der Waals surface area contributed by atoms with Crippen LogP contribution in [0, 0.1) is 6.92 Å². The van der Waals surface area contributed by atoms with Gasteiger partial charge in [0.25, 0.3) is 0 Å². The third kappa shape index (κ3) is 5.39. The predicted octanol–water partition coefficient (Wildman–Crippen LogP) is 1.77. The number of benzene rings is 1. The number of amides is 2. The Labute approximate surface area is 160 Å². The molecule has 1 atom stereocenters. The number of carbonyl (C=O) groups is 3. The van der Waals surface area contributed by atoms with Crippen LogP contribution < -0.4 is 5.32 Å². The molecule has 1 aliphatic heterocycles. The monoisotopic (exact) mass is 371 g/mol. The summed E-state index contributed by atoms with van der Waals surface area (Å²) in [5.41, 5.74) is 1.77. The van der Waals surface area contributed by atoms with Crippen LogP contribution in [0.5, 0.6) is 0 Å². The SMILES string of the molecule is Cc1ccc(C(=O)CCC(=O)N2CCN(C(C)C(=O)NC3CC3)CC2)cc1. The second kappa shape index (κ2) is 8.65. The molecular weight excluding hydrogens is 342 g/mol. The Morgan fingerprint density at radius 1 is 1.04 bits per heavy atom. The number of nitrogens with one attached hydrogen (secondary N) is 1. The third-order valence-electron chi connectivity index (χ3n) is 5.46. The molecule has 1 heterocycles. The van der Waals surface area contributed by atoms with Gasteiger partial charge in [-0.3, -0.25) is 19.3 Å². The van der Waals surface area contributed by atoms with Crippen molar-refractivity contribution in [1.29, 1.82) is 0 Å². The van der Waals surface area contributed by atoms with E-state index < -0.39 is 0 Å². The zero-order valence-electron chi connectivity index (χ0n) is 16.2. The molecule has 1 aliphatic carbocycles. The van der Waals surface area contributed by atoms with Crippen LogP contribution in [0.1, 0.15) is 48.5 Å². The lowest BCUT2D eigenvalue weighted by atomic mass is 10.0. The summed E-state index contributed by atoms with van der Waals surface area (Å²) in [5.74, 6) is 0.110. The fourth-order valence-electron chi connectivity index (χ4n) is 3.34. The van der Waals surface area contributed by atoms with Crippen molar-refractivity contribution in [3.05, 3.63) is 35.4 Å². The molecule has 1 saturated carbocycles. The molecule has 1 aromatic rings. The topological polar surface area (TPSA) is 69.7 Å². The number of hydrogen-bond donors (Lipinski definition) is 1. The lowest BCUT2D eigenvalue weighted by Crippen LogP contribution is -2.55. The molecule has 1 unspecified atom stereocenters. The van der Waals surface area contributed by atoms with Gasteiger partial charge in [-0.2, -0.15) is 0 Å². The van der Waals surface area contributed by atoms with Crippen molar-refractivity contribution in [3.8, 4) is 0 Å². The van der Waals surface area contributed by atoms with Gasteiger partial charge in [0, 0.05) is 50.6 Å². The van der Waals surface area contributed by atoms with Gasteiger partial charge in [0.15, 0.2) is 5.78 Å². The molecule has 6 heteroatoms. The average Bonchev–Trinajstić information content (AvgIpc) is 3.50. The van der Waals surface area contributed by atoms with Crippen molar-refractivity contribution in [2.24, 2.45) is 0 Å². The molecule has 0 bridgehead atoms. The standard InChI is InChI=1S/C21H29N3O3/c1-15-3-5-17(6-4-15)19(25)9-10-20(26)24-13-11-23(12-14-24)16(2)21(27)22-18-7-8-18/h3-6,16,18H,7-14H2,1-2H3,(H,22,27). The number of piperazine rings is 1. The van der Waals surface area contributed by atoms with Crippen molar-refractivity contribution in [3.63, 3.8) is 0 Å². The highest BCUT2D eigenvalue weighted by molar-refractivity contribution is 5.98. The minimum Gasteiger partial charge on any atom is -0.352 e. The van der Waals surface area contributed by atoms with E-state index in [1.165, 1.54) is 0 Å². The molecule has 0 radical (unpaired) electrons. The van der Waals surface area contributed by atoms with Crippen LogP contribution in [0.4, 0.5) is 0 Å². The van der Waals surface area contributed by atoms with E-state index in [0.717, 1.165) is 18.4 Å². The van der Waals surface area contributed by atoms with E-state index in [-0.39, 0.29) is 36.5 Å². The highest BCUT2D eigenvalue weighted by Gasteiger charge is 2.30. The molecular formula is C21H29N3O3. The van der Waals surface area contributed by atoms with Gasteiger partial charge in [0.1, 0.15) is 0 Å². The van der Waals surface area contributed by atoms with Crippen LogP contribution in [0.3, 0.4) is 0 Å². The summed E-state index contributed by atoms with van der Waals surface area (Å²) in [6.07, 6.45) is 2.65. The summed E-state index contributed by atoms with van der Waals surface area (Å²) < 4.78 is 0. The first kappa shape index (κ1) is 19.5. The number of hydrogen-bond acceptors (Lipinski definition) is 4. The minimum absolute atomic E-state index is 0.00681. The number of carbonyl (C=O) groups excluding carboxylic acids is 3. The summed E-state index contributed by atoms with van der Waals surface area (Å²) >= 11 is 0. The zero-order chi connectivity index (χ0) is 19.4. The summed E-state index contributed by atoms with van der Waals surface area (Å²) in [6.45, 7) is 6.51. The van der Waals surface area contributed by atoms with Gasteiger partial charge in [-0.05, 0) is 26.7 Å². The molecule has 146 valence electrons. The van der Waals surface area contributed by atoms with Crippen LogP contribution in [0.2, 0.25) is 0 Å². The van der Waals surface area contributed by atoms with E-state index in [0.29, 0.717) is 37.8 Å². The van der Waals surface area contributed by atoms with Gasteiger partial charge >= 0.3 is 0 Å². The summed E-state index contributed by atoms with van der Waals surface area (Å²) in [6, 6.07) is 7.66. The Morgan fingerprint density at radius 2 is 1.67 bits per heavy atom. The van der Waals surface area contributed by atoms with Crippen LogP contribution in [0.25, 0.3) is 0 Å². The van der Waals surface area contributed by atoms with Gasteiger partial charge in [0.05, 0.1) is 6.04 Å². The van der Waals surface area contributed by atoms with Gasteiger partial charge < -0.3 is 10.2 Å². The molecule has 1 saturated heterocycles. The zero-order valence-corrected chi connectivity index (χ0v) is 16.2. The van der Waals surface area contributed by atoms with Gasteiger partial charge in [-0.1, -0.05) is 29.8 Å². The molecule has 6 nitrogen and oxygen atoms in total. The maximum absolute atomic E-state index is 12.4.